The van der Waals surface area contributed by atoms with E-state index in [9.17, 15) is 9.59 Å². The number of anilines is 1. The molecule has 1 aromatic rings. The van der Waals surface area contributed by atoms with Crippen molar-refractivity contribution < 1.29 is 9.59 Å². The van der Waals surface area contributed by atoms with Crippen LogP contribution in [0.1, 0.15) is 25.8 Å². The molecular weight excluding hydrogens is 328 g/mol. The standard InChI is InChI=1S/C17H23ClN4O2/c1-12(2)21(10-16(20)23)11-17(24)22(8-4-7-19)14-5-6-15(18)13(3)9-14/h5-6,9,12H,4,8,10-11H2,1-3H3,(H2,20,23). The summed E-state index contributed by atoms with van der Waals surface area (Å²) in [6.07, 6.45) is 0.213. The molecule has 0 atom stereocenters. The second-order valence-corrected chi connectivity index (χ2v) is 6.26. The van der Waals surface area contributed by atoms with Crippen LogP contribution in [0.2, 0.25) is 5.02 Å². The van der Waals surface area contributed by atoms with Crippen LogP contribution in [0.4, 0.5) is 5.69 Å². The van der Waals surface area contributed by atoms with Crippen LogP contribution in [0.3, 0.4) is 0 Å². The molecule has 0 aliphatic carbocycles. The molecular formula is C17H23ClN4O2. The average Bonchev–Trinajstić information content (AvgIpc) is 2.49. The lowest BCUT2D eigenvalue weighted by atomic mass is 10.2. The molecule has 0 spiro atoms. The maximum atomic E-state index is 12.7. The van der Waals surface area contributed by atoms with E-state index in [2.05, 4.69) is 0 Å². The number of amides is 2. The Morgan fingerprint density at radius 2 is 2.00 bits per heavy atom. The van der Waals surface area contributed by atoms with Crippen LogP contribution in [-0.4, -0.2) is 42.4 Å². The first-order valence-electron chi connectivity index (χ1n) is 7.72. The van der Waals surface area contributed by atoms with E-state index >= 15 is 0 Å². The Balaban J connectivity index is 3.01. The fourth-order valence-corrected chi connectivity index (χ4v) is 2.35. The van der Waals surface area contributed by atoms with Gasteiger partial charge in [-0.05, 0) is 44.5 Å². The molecule has 0 saturated carbocycles. The molecule has 7 heteroatoms. The number of benzene rings is 1. The van der Waals surface area contributed by atoms with Crippen molar-refractivity contribution in [2.24, 2.45) is 5.73 Å². The van der Waals surface area contributed by atoms with Crippen LogP contribution in [0.15, 0.2) is 18.2 Å². The Kier molecular flexibility index (Phi) is 7.69. The van der Waals surface area contributed by atoms with Crippen molar-refractivity contribution in [3.63, 3.8) is 0 Å². The van der Waals surface area contributed by atoms with E-state index in [-0.39, 0.29) is 38.0 Å². The van der Waals surface area contributed by atoms with Gasteiger partial charge in [-0.25, -0.2) is 0 Å². The molecule has 1 rings (SSSR count). The molecule has 0 aliphatic heterocycles. The molecule has 130 valence electrons. The first kappa shape index (κ1) is 19.9. The summed E-state index contributed by atoms with van der Waals surface area (Å²) in [4.78, 5) is 27.2. The number of halogens is 1. The van der Waals surface area contributed by atoms with Crippen molar-refractivity contribution in [3.8, 4) is 6.07 Å². The minimum Gasteiger partial charge on any atom is -0.369 e. The van der Waals surface area contributed by atoms with Crippen LogP contribution in [0.25, 0.3) is 0 Å². The highest BCUT2D eigenvalue weighted by molar-refractivity contribution is 6.31. The highest BCUT2D eigenvalue weighted by atomic mass is 35.5. The lowest BCUT2D eigenvalue weighted by Gasteiger charge is -2.29. The summed E-state index contributed by atoms with van der Waals surface area (Å²) in [7, 11) is 0. The maximum Gasteiger partial charge on any atom is 0.241 e. The van der Waals surface area contributed by atoms with E-state index in [1.54, 1.807) is 21.9 Å². The fraction of sp³-hybridized carbons (Fsp3) is 0.471. The third-order valence-electron chi connectivity index (χ3n) is 3.63. The molecule has 2 amide bonds. The average molecular weight is 351 g/mol. The van der Waals surface area contributed by atoms with Crippen LogP contribution in [-0.2, 0) is 9.59 Å². The summed E-state index contributed by atoms with van der Waals surface area (Å²) in [6, 6.07) is 7.33. The van der Waals surface area contributed by atoms with Gasteiger partial charge in [0.1, 0.15) is 0 Å². The number of nitriles is 1. The van der Waals surface area contributed by atoms with Crippen molar-refractivity contribution in [1.82, 2.24) is 4.90 Å². The summed E-state index contributed by atoms with van der Waals surface area (Å²) >= 11 is 6.04. The minimum atomic E-state index is -0.484. The molecule has 1 aromatic carbocycles. The Labute approximate surface area is 147 Å². The van der Waals surface area contributed by atoms with Gasteiger partial charge >= 0.3 is 0 Å². The molecule has 0 heterocycles. The Morgan fingerprint density at radius 3 is 2.50 bits per heavy atom. The number of nitrogens with zero attached hydrogens (tertiary/aromatic N) is 3. The quantitative estimate of drug-likeness (QED) is 0.777. The summed E-state index contributed by atoms with van der Waals surface area (Å²) < 4.78 is 0. The zero-order valence-electron chi connectivity index (χ0n) is 14.3. The molecule has 6 nitrogen and oxygen atoms in total. The van der Waals surface area contributed by atoms with Gasteiger partial charge in [0.15, 0.2) is 0 Å². The molecule has 0 radical (unpaired) electrons. The number of rotatable bonds is 8. The number of carbonyl (C=O) groups excluding carboxylic acids is 2. The number of primary amides is 1. The highest BCUT2D eigenvalue weighted by Crippen LogP contribution is 2.23. The Morgan fingerprint density at radius 1 is 1.33 bits per heavy atom. The van der Waals surface area contributed by atoms with E-state index < -0.39 is 5.91 Å². The Bertz CT molecular complexity index is 640. The fourth-order valence-electron chi connectivity index (χ4n) is 2.24. The molecule has 0 saturated heterocycles. The van der Waals surface area contributed by atoms with Gasteiger partial charge in [0, 0.05) is 23.3 Å². The topological polar surface area (TPSA) is 90.4 Å². The van der Waals surface area contributed by atoms with Gasteiger partial charge in [0.2, 0.25) is 11.8 Å². The maximum absolute atomic E-state index is 12.7. The predicted molar refractivity (Wildman–Crippen MR) is 94.7 cm³/mol. The molecule has 0 aliphatic rings. The molecule has 2 N–H and O–H groups in total. The van der Waals surface area contributed by atoms with Gasteiger partial charge in [-0.2, -0.15) is 5.26 Å². The molecule has 24 heavy (non-hydrogen) atoms. The third-order valence-corrected chi connectivity index (χ3v) is 4.05. The second kappa shape index (κ2) is 9.26. The number of carbonyl (C=O) groups is 2. The number of aryl methyl sites for hydroxylation is 1. The van der Waals surface area contributed by atoms with Gasteiger partial charge in [-0.15, -0.1) is 0 Å². The van der Waals surface area contributed by atoms with Crippen LogP contribution in [0.5, 0.6) is 0 Å². The summed E-state index contributed by atoms with van der Waals surface area (Å²) in [5.41, 5.74) is 6.78. The van der Waals surface area contributed by atoms with Crippen molar-refractivity contribution in [3.05, 3.63) is 28.8 Å². The SMILES string of the molecule is Cc1cc(N(CCC#N)C(=O)CN(CC(N)=O)C(C)C)ccc1Cl. The van der Waals surface area contributed by atoms with Crippen LogP contribution in [0, 0.1) is 18.3 Å². The van der Waals surface area contributed by atoms with Gasteiger partial charge in [0.25, 0.3) is 0 Å². The van der Waals surface area contributed by atoms with Crippen molar-refractivity contribution in [2.75, 3.05) is 24.5 Å². The van der Waals surface area contributed by atoms with Gasteiger partial charge < -0.3 is 10.6 Å². The lowest BCUT2D eigenvalue weighted by molar-refractivity contribution is -0.123. The molecule has 0 fully saturated rings. The highest BCUT2D eigenvalue weighted by Gasteiger charge is 2.22. The van der Waals surface area contributed by atoms with Crippen molar-refractivity contribution >= 4 is 29.1 Å². The first-order chi connectivity index (χ1) is 11.3. The van der Waals surface area contributed by atoms with E-state index in [0.29, 0.717) is 10.7 Å². The number of hydrogen-bond acceptors (Lipinski definition) is 4. The lowest BCUT2D eigenvalue weighted by Crippen LogP contribution is -2.46. The zero-order valence-corrected chi connectivity index (χ0v) is 15.0. The van der Waals surface area contributed by atoms with Crippen LogP contribution >= 0.6 is 11.6 Å². The van der Waals surface area contributed by atoms with Gasteiger partial charge in [-0.3, -0.25) is 14.5 Å². The predicted octanol–water partition coefficient (Wildman–Crippen LogP) is 2.09. The normalized spacial score (nSPS) is 10.7. The minimum absolute atomic E-state index is 0.00813. The molecule has 0 aromatic heterocycles. The van der Waals surface area contributed by atoms with Gasteiger partial charge in [0.05, 0.1) is 25.6 Å². The summed E-state index contributed by atoms with van der Waals surface area (Å²) in [6.45, 7) is 5.97. The monoisotopic (exact) mass is 350 g/mol. The van der Waals surface area contributed by atoms with Crippen molar-refractivity contribution in [1.29, 1.82) is 5.26 Å². The van der Waals surface area contributed by atoms with Crippen LogP contribution < -0.4 is 10.6 Å². The largest absolute Gasteiger partial charge is 0.369 e. The summed E-state index contributed by atoms with van der Waals surface area (Å²) in [5.74, 6) is -0.677. The van der Waals surface area contributed by atoms with E-state index in [1.807, 2.05) is 32.9 Å². The summed E-state index contributed by atoms with van der Waals surface area (Å²) in [5, 5.41) is 9.47. The third kappa shape index (κ3) is 5.84. The van der Waals surface area contributed by atoms with E-state index in [1.165, 1.54) is 0 Å². The first-order valence-corrected chi connectivity index (χ1v) is 8.09. The van der Waals surface area contributed by atoms with E-state index in [4.69, 9.17) is 22.6 Å². The number of hydrogen-bond donors (Lipinski definition) is 1. The van der Waals surface area contributed by atoms with E-state index in [0.717, 1.165) is 5.56 Å². The number of nitrogens with two attached hydrogens (primary N) is 1. The zero-order chi connectivity index (χ0) is 18.3. The molecule has 0 unspecified atom stereocenters. The Hall–Kier alpha value is -2.10. The molecule has 0 bridgehead atoms. The smallest absolute Gasteiger partial charge is 0.241 e. The second-order valence-electron chi connectivity index (χ2n) is 5.85. The van der Waals surface area contributed by atoms with Crippen molar-refractivity contribution in [2.45, 2.75) is 33.2 Å². The van der Waals surface area contributed by atoms with Gasteiger partial charge in [-0.1, -0.05) is 11.6 Å².